The van der Waals surface area contributed by atoms with Crippen LogP contribution in [0.25, 0.3) is 0 Å². The second-order valence-electron chi connectivity index (χ2n) is 10.7. The number of rotatable bonds is 10. The zero-order valence-electron chi connectivity index (χ0n) is 23.3. The fourth-order valence-corrected chi connectivity index (χ4v) is 5.10. The monoisotopic (exact) mass is 576 g/mol. The average Bonchev–Trinajstić information content (AvgIpc) is 2.86. The molecule has 1 N–H and O–H groups in total. The molecule has 0 atom stereocenters. The highest BCUT2D eigenvalue weighted by Gasteiger charge is 2.33. The summed E-state index contributed by atoms with van der Waals surface area (Å²) in [6.07, 6.45) is -1.33. The lowest BCUT2D eigenvalue weighted by atomic mass is 9.99. The minimum absolute atomic E-state index is 0.0217. The number of hydrogen-bond donors (Lipinski definition) is 1. The maximum atomic E-state index is 13.6. The van der Waals surface area contributed by atoms with Crippen molar-refractivity contribution in [3.05, 3.63) is 76.2 Å². The quantitative estimate of drug-likeness (QED) is 0.254. The van der Waals surface area contributed by atoms with Gasteiger partial charge in [0, 0.05) is 43.7 Å². The number of benzene rings is 2. The molecule has 216 valence electrons. The van der Waals surface area contributed by atoms with E-state index >= 15 is 0 Å². The van der Waals surface area contributed by atoms with Crippen LogP contribution in [-0.4, -0.2) is 46.2 Å². The van der Waals surface area contributed by atoms with Gasteiger partial charge in [-0.25, -0.2) is 9.97 Å². The number of hydrogen-bond acceptors (Lipinski definition) is 6. The fourth-order valence-electron chi connectivity index (χ4n) is 4.90. The Bertz CT molecular complexity index is 1250. The van der Waals surface area contributed by atoms with E-state index in [0.717, 1.165) is 55.6 Å². The molecular formula is C30H36ClF3N4O2. The van der Waals surface area contributed by atoms with Crippen LogP contribution in [0.5, 0.6) is 11.5 Å². The van der Waals surface area contributed by atoms with Crippen LogP contribution in [0.2, 0.25) is 5.15 Å². The number of nitrogens with one attached hydrogen (secondary N) is 1. The Morgan fingerprint density at radius 1 is 0.975 bits per heavy atom. The van der Waals surface area contributed by atoms with Crippen molar-refractivity contribution >= 4 is 17.4 Å². The predicted molar refractivity (Wildman–Crippen MR) is 151 cm³/mol. The number of anilines is 1. The minimum Gasteiger partial charge on any atom is -0.491 e. The van der Waals surface area contributed by atoms with E-state index in [9.17, 15) is 13.2 Å². The Hall–Kier alpha value is -3.04. The number of likely N-dealkylation sites (tertiary alicyclic amines) is 1. The van der Waals surface area contributed by atoms with Crippen LogP contribution in [0.1, 0.15) is 62.8 Å². The average molecular weight is 577 g/mol. The molecule has 6 nitrogen and oxygen atoms in total. The van der Waals surface area contributed by atoms with Gasteiger partial charge in [-0.3, -0.25) is 4.90 Å². The van der Waals surface area contributed by atoms with Crippen molar-refractivity contribution in [3.63, 3.8) is 0 Å². The molecule has 1 saturated heterocycles. The Labute approximate surface area is 238 Å². The van der Waals surface area contributed by atoms with Gasteiger partial charge in [0.1, 0.15) is 28.8 Å². The van der Waals surface area contributed by atoms with E-state index in [2.05, 4.69) is 32.3 Å². The number of alkyl halides is 3. The van der Waals surface area contributed by atoms with Crippen molar-refractivity contribution in [3.8, 4) is 11.5 Å². The van der Waals surface area contributed by atoms with Gasteiger partial charge < -0.3 is 14.8 Å². The summed E-state index contributed by atoms with van der Waals surface area (Å²) >= 11 is 6.36. The van der Waals surface area contributed by atoms with E-state index in [4.69, 9.17) is 21.1 Å². The summed E-state index contributed by atoms with van der Waals surface area (Å²) in [6, 6.07) is 11.7. The van der Waals surface area contributed by atoms with Crippen molar-refractivity contribution in [2.24, 2.45) is 0 Å². The smallest absolute Gasteiger partial charge is 0.416 e. The highest BCUT2D eigenvalue weighted by atomic mass is 35.5. The van der Waals surface area contributed by atoms with E-state index < -0.39 is 11.7 Å². The van der Waals surface area contributed by atoms with Crippen LogP contribution in [0.4, 0.5) is 19.0 Å². The van der Waals surface area contributed by atoms with Crippen LogP contribution in [0.3, 0.4) is 0 Å². The second-order valence-corrected chi connectivity index (χ2v) is 11.0. The first-order valence-electron chi connectivity index (χ1n) is 13.6. The van der Waals surface area contributed by atoms with Crippen LogP contribution in [0, 0.1) is 0 Å². The van der Waals surface area contributed by atoms with Crippen molar-refractivity contribution < 1.29 is 22.6 Å². The Kier molecular flexibility index (Phi) is 9.79. The third kappa shape index (κ3) is 8.24. The highest BCUT2D eigenvalue weighted by Crippen LogP contribution is 2.35. The summed E-state index contributed by atoms with van der Waals surface area (Å²) in [6.45, 7) is 10.4. The molecule has 40 heavy (non-hydrogen) atoms. The first kappa shape index (κ1) is 29.9. The predicted octanol–water partition coefficient (Wildman–Crippen LogP) is 7.39. The third-order valence-corrected chi connectivity index (χ3v) is 6.93. The summed E-state index contributed by atoms with van der Waals surface area (Å²) < 4.78 is 52.6. The standard InChI is InChI=1S/C30H36ClF3N4O2/c1-19(2)39-24-13-21(14-25(16-24)40-20(3)4)17-38-11-9-23(10-12-38)37-29-26(28(31)35-18-36-29)15-22-7-5-6-8-27(22)30(32,33)34/h5-8,13-14,16,18-20,23H,9-12,15,17H2,1-4H3,(H,35,36,37). The molecule has 1 fully saturated rings. The molecule has 4 rings (SSSR count). The minimum atomic E-state index is -4.46. The van der Waals surface area contributed by atoms with Crippen molar-refractivity contribution in [1.29, 1.82) is 0 Å². The SMILES string of the molecule is CC(C)Oc1cc(CN2CCC(Nc3ncnc(Cl)c3Cc3ccccc3C(F)(F)F)CC2)cc(OC(C)C)c1. The first-order valence-corrected chi connectivity index (χ1v) is 14.0. The lowest BCUT2D eigenvalue weighted by Crippen LogP contribution is -2.39. The maximum absolute atomic E-state index is 13.6. The van der Waals surface area contributed by atoms with Gasteiger partial charge in [-0.05, 0) is 69.9 Å². The van der Waals surface area contributed by atoms with Crippen LogP contribution in [0.15, 0.2) is 48.8 Å². The van der Waals surface area contributed by atoms with Gasteiger partial charge >= 0.3 is 6.18 Å². The molecule has 1 aliphatic rings. The summed E-state index contributed by atoms with van der Waals surface area (Å²) in [5, 5.41) is 3.58. The summed E-state index contributed by atoms with van der Waals surface area (Å²) in [5.41, 5.74) is 1.03. The molecule has 0 radical (unpaired) electrons. The van der Waals surface area contributed by atoms with Crippen molar-refractivity contribution in [2.45, 2.75) is 77.9 Å². The van der Waals surface area contributed by atoms with Gasteiger partial charge in [0.2, 0.25) is 0 Å². The fraction of sp³-hybridized carbons (Fsp3) is 0.467. The molecule has 0 amide bonds. The van der Waals surface area contributed by atoms with Crippen LogP contribution >= 0.6 is 11.6 Å². The topological polar surface area (TPSA) is 59.5 Å². The largest absolute Gasteiger partial charge is 0.491 e. The molecule has 0 spiro atoms. The normalized spacial score (nSPS) is 15.1. The lowest BCUT2D eigenvalue weighted by molar-refractivity contribution is -0.138. The lowest BCUT2D eigenvalue weighted by Gasteiger charge is -2.33. The summed E-state index contributed by atoms with van der Waals surface area (Å²) in [5.74, 6) is 2.06. The zero-order chi connectivity index (χ0) is 28.9. The van der Waals surface area contributed by atoms with Crippen molar-refractivity contribution in [1.82, 2.24) is 14.9 Å². The van der Waals surface area contributed by atoms with E-state index in [1.807, 2.05) is 33.8 Å². The zero-order valence-corrected chi connectivity index (χ0v) is 24.0. The molecule has 3 aromatic rings. The maximum Gasteiger partial charge on any atom is 0.416 e. The molecule has 0 aliphatic carbocycles. The van der Waals surface area contributed by atoms with E-state index in [1.54, 1.807) is 6.07 Å². The Balaban J connectivity index is 1.42. The van der Waals surface area contributed by atoms with Gasteiger partial charge in [0.15, 0.2) is 0 Å². The molecule has 2 heterocycles. The number of aromatic nitrogens is 2. The molecule has 0 saturated carbocycles. The molecule has 1 aliphatic heterocycles. The van der Waals surface area contributed by atoms with Crippen LogP contribution < -0.4 is 14.8 Å². The molecule has 0 bridgehead atoms. The summed E-state index contributed by atoms with van der Waals surface area (Å²) in [4.78, 5) is 10.8. The second kappa shape index (κ2) is 13.1. The molecule has 0 unspecified atom stereocenters. The number of ether oxygens (including phenoxy) is 2. The third-order valence-electron chi connectivity index (χ3n) is 6.60. The van der Waals surface area contributed by atoms with Gasteiger partial charge in [-0.15, -0.1) is 0 Å². The Morgan fingerprint density at radius 2 is 1.60 bits per heavy atom. The van der Waals surface area contributed by atoms with E-state index in [-0.39, 0.29) is 35.4 Å². The van der Waals surface area contributed by atoms with E-state index in [0.29, 0.717) is 11.4 Å². The van der Waals surface area contributed by atoms with Crippen LogP contribution in [-0.2, 0) is 19.1 Å². The number of nitrogens with zero attached hydrogens (tertiary/aromatic N) is 3. The number of halogens is 4. The van der Waals surface area contributed by atoms with Gasteiger partial charge in [0.25, 0.3) is 0 Å². The summed E-state index contributed by atoms with van der Waals surface area (Å²) in [7, 11) is 0. The molecule has 10 heteroatoms. The van der Waals surface area contributed by atoms with Gasteiger partial charge in [-0.1, -0.05) is 29.8 Å². The Morgan fingerprint density at radius 3 is 2.20 bits per heavy atom. The van der Waals surface area contributed by atoms with Crippen molar-refractivity contribution in [2.75, 3.05) is 18.4 Å². The molecular weight excluding hydrogens is 541 g/mol. The van der Waals surface area contributed by atoms with Gasteiger partial charge in [-0.2, -0.15) is 13.2 Å². The van der Waals surface area contributed by atoms with Gasteiger partial charge in [0.05, 0.1) is 17.8 Å². The number of piperidine rings is 1. The highest BCUT2D eigenvalue weighted by molar-refractivity contribution is 6.30. The molecule has 2 aromatic carbocycles. The van der Waals surface area contributed by atoms with E-state index in [1.165, 1.54) is 18.5 Å². The molecule has 1 aromatic heterocycles. The first-order chi connectivity index (χ1) is 19.0.